The van der Waals surface area contributed by atoms with Crippen LogP contribution in [0.1, 0.15) is 0 Å². The minimum absolute atomic E-state index is 0.292. The molecule has 0 N–H and O–H groups in total. The van der Waals surface area contributed by atoms with Crippen LogP contribution in [-0.2, 0) is 7.05 Å². The van der Waals surface area contributed by atoms with E-state index in [1.165, 1.54) is 11.3 Å². The molecule has 0 saturated carbocycles. The second-order valence-electron chi connectivity index (χ2n) is 5.62. The zero-order valence-corrected chi connectivity index (χ0v) is 14.3. The summed E-state index contributed by atoms with van der Waals surface area (Å²) < 4.78 is 2.06. The van der Waals surface area contributed by atoms with E-state index in [1.807, 2.05) is 42.4 Å². The van der Waals surface area contributed by atoms with Gasteiger partial charge in [-0.2, -0.15) is 4.98 Å². The van der Waals surface area contributed by atoms with Crippen molar-refractivity contribution in [2.24, 2.45) is 7.05 Å². The zero-order chi connectivity index (χ0) is 17.4. The van der Waals surface area contributed by atoms with Crippen LogP contribution in [0, 0.1) is 12.3 Å². The van der Waals surface area contributed by atoms with Crippen LogP contribution < -0.4 is 10.5 Å². The molecule has 6 heteroatoms. The first-order chi connectivity index (χ1) is 12.2. The third-order valence-corrected chi connectivity index (χ3v) is 5.06. The number of nitrogens with zero attached hydrogens (tertiary/aromatic N) is 4. The molecule has 0 unspecified atom stereocenters. The number of anilines is 2. The molecular formula is C19H14N4OS. The average Bonchev–Trinajstić information content (AvgIpc) is 3.00. The highest BCUT2D eigenvalue weighted by atomic mass is 32.1. The summed E-state index contributed by atoms with van der Waals surface area (Å²) >= 11 is 1.36. The Hall–Kier alpha value is -3.17. The molecule has 0 aliphatic carbocycles. The number of hydrogen-bond acceptors (Lipinski definition) is 5. The van der Waals surface area contributed by atoms with Crippen LogP contribution in [0.3, 0.4) is 0 Å². The number of aryl methyl sites for hydroxylation is 1. The quantitative estimate of drug-likeness (QED) is 0.534. The van der Waals surface area contributed by atoms with Crippen LogP contribution in [0.25, 0.3) is 21.1 Å². The SMILES string of the molecule is C#CCN(c1ccc2c(ccn2C)c1)c1nc(=O)c2cccnc2s1. The maximum absolute atomic E-state index is 12.3. The van der Waals surface area contributed by atoms with Crippen LogP contribution in [0.4, 0.5) is 10.8 Å². The van der Waals surface area contributed by atoms with Gasteiger partial charge in [0.2, 0.25) is 0 Å². The van der Waals surface area contributed by atoms with E-state index in [0.717, 1.165) is 16.6 Å². The maximum Gasteiger partial charge on any atom is 0.282 e. The lowest BCUT2D eigenvalue weighted by molar-refractivity contribution is 0.969. The molecule has 4 aromatic rings. The van der Waals surface area contributed by atoms with Gasteiger partial charge in [0, 0.05) is 36.0 Å². The molecule has 0 fully saturated rings. The Labute approximate surface area is 148 Å². The Kier molecular flexibility index (Phi) is 3.71. The average molecular weight is 346 g/mol. The van der Waals surface area contributed by atoms with Crippen molar-refractivity contribution in [1.82, 2.24) is 14.5 Å². The molecule has 122 valence electrons. The summed E-state index contributed by atoms with van der Waals surface area (Å²) in [6.07, 6.45) is 9.24. The fraction of sp³-hybridized carbons (Fsp3) is 0.105. The summed E-state index contributed by atoms with van der Waals surface area (Å²) in [6.45, 7) is 0.319. The Balaban J connectivity index is 1.88. The Morgan fingerprint density at radius 1 is 1.32 bits per heavy atom. The summed E-state index contributed by atoms with van der Waals surface area (Å²) in [5.74, 6) is 2.65. The molecule has 0 aliphatic rings. The van der Waals surface area contributed by atoms with Crippen molar-refractivity contribution < 1.29 is 0 Å². The summed E-state index contributed by atoms with van der Waals surface area (Å²) in [5, 5.41) is 2.17. The summed E-state index contributed by atoms with van der Waals surface area (Å²) in [7, 11) is 2.00. The molecule has 0 saturated heterocycles. The van der Waals surface area contributed by atoms with Gasteiger partial charge in [-0.1, -0.05) is 17.3 Å². The zero-order valence-electron chi connectivity index (χ0n) is 13.5. The summed E-state index contributed by atoms with van der Waals surface area (Å²) in [6, 6.07) is 11.6. The van der Waals surface area contributed by atoms with Gasteiger partial charge in [0.25, 0.3) is 5.56 Å². The first-order valence-corrected chi connectivity index (χ1v) is 8.51. The van der Waals surface area contributed by atoms with E-state index in [4.69, 9.17) is 6.42 Å². The Bertz CT molecular complexity index is 1190. The monoisotopic (exact) mass is 346 g/mol. The third kappa shape index (κ3) is 2.65. The van der Waals surface area contributed by atoms with E-state index in [-0.39, 0.29) is 5.56 Å². The first kappa shape index (κ1) is 15.4. The van der Waals surface area contributed by atoms with E-state index in [1.54, 1.807) is 18.3 Å². The van der Waals surface area contributed by atoms with Crippen molar-refractivity contribution in [2.45, 2.75) is 0 Å². The number of rotatable bonds is 3. The van der Waals surface area contributed by atoms with Gasteiger partial charge in [0.1, 0.15) is 4.83 Å². The molecule has 4 rings (SSSR count). The molecule has 0 aliphatic heterocycles. The molecule has 0 spiro atoms. The molecule has 3 aromatic heterocycles. The minimum Gasteiger partial charge on any atom is -0.351 e. The Morgan fingerprint density at radius 2 is 2.20 bits per heavy atom. The van der Waals surface area contributed by atoms with E-state index < -0.39 is 0 Å². The number of fused-ring (bicyclic) bond motifs is 2. The predicted molar refractivity (Wildman–Crippen MR) is 102 cm³/mol. The molecular weight excluding hydrogens is 332 g/mol. The van der Waals surface area contributed by atoms with E-state index in [0.29, 0.717) is 21.9 Å². The van der Waals surface area contributed by atoms with Gasteiger partial charge in [-0.3, -0.25) is 4.79 Å². The molecule has 3 heterocycles. The van der Waals surface area contributed by atoms with Crippen LogP contribution >= 0.6 is 11.3 Å². The normalized spacial score (nSPS) is 10.9. The van der Waals surface area contributed by atoms with Crippen LogP contribution in [0.5, 0.6) is 0 Å². The van der Waals surface area contributed by atoms with Gasteiger partial charge in [-0.05, 0) is 36.4 Å². The van der Waals surface area contributed by atoms with Crippen molar-refractivity contribution in [3.8, 4) is 12.3 Å². The van der Waals surface area contributed by atoms with E-state index in [2.05, 4.69) is 20.5 Å². The molecule has 0 radical (unpaired) electrons. The topological polar surface area (TPSA) is 51.0 Å². The highest BCUT2D eigenvalue weighted by Gasteiger charge is 2.15. The van der Waals surface area contributed by atoms with Crippen molar-refractivity contribution in [3.63, 3.8) is 0 Å². The van der Waals surface area contributed by atoms with Crippen molar-refractivity contribution in [3.05, 3.63) is 59.1 Å². The fourth-order valence-electron chi connectivity index (χ4n) is 2.80. The number of aromatic nitrogens is 3. The smallest absolute Gasteiger partial charge is 0.282 e. The van der Waals surface area contributed by atoms with Crippen LogP contribution in [-0.4, -0.2) is 21.1 Å². The third-order valence-electron chi connectivity index (χ3n) is 4.05. The van der Waals surface area contributed by atoms with Crippen molar-refractivity contribution >= 4 is 43.3 Å². The highest BCUT2D eigenvalue weighted by Crippen LogP contribution is 2.31. The van der Waals surface area contributed by atoms with Crippen LogP contribution in [0.15, 0.2) is 53.6 Å². The van der Waals surface area contributed by atoms with Crippen LogP contribution in [0.2, 0.25) is 0 Å². The van der Waals surface area contributed by atoms with Crippen molar-refractivity contribution in [2.75, 3.05) is 11.4 Å². The number of pyridine rings is 1. The standard InChI is InChI=1S/C19H14N4OS/c1-3-10-23(14-6-7-16-13(12-14)8-11-22(16)2)19-21-17(24)15-5-4-9-20-18(15)25-19/h1,4-9,11-12H,10H2,2H3. The lowest BCUT2D eigenvalue weighted by Crippen LogP contribution is -2.20. The molecule has 0 atom stereocenters. The van der Waals surface area contributed by atoms with Gasteiger partial charge in [0.05, 0.1) is 11.9 Å². The lowest BCUT2D eigenvalue weighted by Gasteiger charge is -2.20. The van der Waals surface area contributed by atoms with Gasteiger partial charge in [-0.15, -0.1) is 6.42 Å². The van der Waals surface area contributed by atoms with Gasteiger partial charge < -0.3 is 9.47 Å². The van der Waals surface area contributed by atoms with Crippen molar-refractivity contribution in [1.29, 1.82) is 0 Å². The second kappa shape index (κ2) is 6.04. The summed E-state index contributed by atoms with van der Waals surface area (Å²) in [4.78, 5) is 23.4. The van der Waals surface area contributed by atoms with Gasteiger partial charge in [-0.25, -0.2) is 4.98 Å². The largest absolute Gasteiger partial charge is 0.351 e. The molecule has 25 heavy (non-hydrogen) atoms. The second-order valence-corrected chi connectivity index (χ2v) is 6.57. The number of hydrogen-bond donors (Lipinski definition) is 0. The van der Waals surface area contributed by atoms with Gasteiger partial charge in [0.15, 0.2) is 5.13 Å². The predicted octanol–water partition coefficient (Wildman–Crippen LogP) is 3.31. The first-order valence-electron chi connectivity index (χ1n) is 7.69. The number of benzene rings is 1. The Morgan fingerprint density at radius 3 is 3.04 bits per heavy atom. The fourth-order valence-corrected chi connectivity index (χ4v) is 3.76. The molecule has 1 aromatic carbocycles. The molecule has 5 nitrogen and oxygen atoms in total. The lowest BCUT2D eigenvalue weighted by atomic mass is 10.2. The molecule has 0 bridgehead atoms. The number of terminal acetylenes is 1. The summed E-state index contributed by atoms with van der Waals surface area (Å²) in [5.41, 5.74) is 1.74. The maximum atomic E-state index is 12.3. The molecule has 0 amide bonds. The minimum atomic E-state index is -0.292. The van der Waals surface area contributed by atoms with Gasteiger partial charge >= 0.3 is 0 Å². The van der Waals surface area contributed by atoms with E-state index in [9.17, 15) is 4.79 Å². The van der Waals surface area contributed by atoms with E-state index >= 15 is 0 Å². The highest BCUT2D eigenvalue weighted by molar-refractivity contribution is 7.21.